The second kappa shape index (κ2) is 5.58. The van der Waals surface area contributed by atoms with Gasteiger partial charge in [0.2, 0.25) is 5.91 Å². The van der Waals surface area contributed by atoms with Crippen LogP contribution in [0.3, 0.4) is 0 Å². The molecule has 1 aliphatic rings. The molecule has 0 aromatic heterocycles. The van der Waals surface area contributed by atoms with E-state index in [2.05, 4.69) is 15.9 Å². The molecule has 1 atom stereocenters. The normalized spacial score (nSPS) is 18.6. The standard InChI is InChI=1S/C15H11BrFNOS/c16-11-4-6-13(7-5-11)18-14(19)9-20-15(18)10-2-1-3-12(17)8-10/h1-8,15H,9H2/t15-/m1/s1. The van der Waals surface area contributed by atoms with Crippen molar-refractivity contribution in [3.05, 3.63) is 64.4 Å². The van der Waals surface area contributed by atoms with Crippen LogP contribution in [0.15, 0.2) is 53.0 Å². The summed E-state index contributed by atoms with van der Waals surface area (Å²) in [6, 6.07) is 14.0. The zero-order chi connectivity index (χ0) is 14.1. The Morgan fingerprint density at radius 3 is 2.65 bits per heavy atom. The molecule has 0 bridgehead atoms. The molecule has 0 saturated carbocycles. The second-order valence-corrected chi connectivity index (χ2v) is 6.44. The highest BCUT2D eigenvalue weighted by Crippen LogP contribution is 2.41. The Balaban J connectivity index is 1.98. The first-order valence-electron chi connectivity index (χ1n) is 6.10. The van der Waals surface area contributed by atoms with E-state index in [1.807, 2.05) is 30.3 Å². The zero-order valence-corrected chi connectivity index (χ0v) is 12.8. The summed E-state index contributed by atoms with van der Waals surface area (Å²) in [5.74, 6) is 0.182. The molecule has 0 spiro atoms. The second-order valence-electron chi connectivity index (χ2n) is 4.46. The highest BCUT2D eigenvalue weighted by Gasteiger charge is 2.34. The molecule has 3 rings (SSSR count). The fraction of sp³-hybridized carbons (Fsp3) is 0.133. The minimum absolute atomic E-state index is 0.0478. The predicted octanol–water partition coefficient (Wildman–Crippen LogP) is 4.37. The van der Waals surface area contributed by atoms with Crippen LogP contribution in [0.4, 0.5) is 10.1 Å². The van der Waals surface area contributed by atoms with Crippen LogP contribution in [0.5, 0.6) is 0 Å². The zero-order valence-electron chi connectivity index (χ0n) is 10.4. The van der Waals surface area contributed by atoms with Crippen molar-refractivity contribution in [2.24, 2.45) is 0 Å². The first-order valence-corrected chi connectivity index (χ1v) is 7.94. The van der Waals surface area contributed by atoms with E-state index in [1.54, 1.807) is 11.0 Å². The molecular formula is C15H11BrFNOS. The number of rotatable bonds is 2. The molecule has 5 heteroatoms. The number of carbonyl (C=O) groups excluding carboxylic acids is 1. The smallest absolute Gasteiger partial charge is 0.238 e. The van der Waals surface area contributed by atoms with Crippen LogP contribution >= 0.6 is 27.7 Å². The van der Waals surface area contributed by atoms with Crippen LogP contribution in [0.25, 0.3) is 0 Å². The van der Waals surface area contributed by atoms with E-state index in [1.165, 1.54) is 23.9 Å². The maximum absolute atomic E-state index is 13.4. The quantitative estimate of drug-likeness (QED) is 0.800. The molecule has 2 aromatic carbocycles. The number of nitrogens with zero attached hydrogens (tertiary/aromatic N) is 1. The first kappa shape index (κ1) is 13.6. The molecule has 2 aromatic rings. The number of thioether (sulfide) groups is 1. The Morgan fingerprint density at radius 1 is 1.20 bits per heavy atom. The van der Waals surface area contributed by atoms with Gasteiger partial charge in [0.1, 0.15) is 11.2 Å². The number of hydrogen-bond acceptors (Lipinski definition) is 2. The lowest BCUT2D eigenvalue weighted by molar-refractivity contribution is -0.115. The van der Waals surface area contributed by atoms with Crippen molar-refractivity contribution in [1.29, 1.82) is 0 Å². The molecule has 1 saturated heterocycles. The minimum atomic E-state index is -0.279. The van der Waals surface area contributed by atoms with Crippen LogP contribution in [0.1, 0.15) is 10.9 Å². The molecular weight excluding hydrogens is 341 g/mol. The monoisotopic (exact) mass is 351 g/mol. The fourth-order valence-electron chi connectivity index (χ4n) is 2.21. The van der Waals surface area contributed by atoms with E-state index in [0.717, 1.165) is 15.7 Å². The van der Waals surface area contributed by atoms with Gasteiger partial charge in [0.15, 0.2) is 0 Å². The summed E-state index contributed by atoms with van der Waals surface area (Å²) in [5, 5.41) is -0.167. The largest absolute Gasteiger partial charge is 0.295 e. The van der Waals surface area contributed by atoms with Crippen molar-refractivity contribution < 1.29 is 9.18 Å². The van der Waals surface area contributed by atoms with Gasteiger partial charge in [0.25, 0.3) is 0 Å². The maximum atomic E-state index is 13.4. The lowest BCUT2D eigenvalue weighted by Gasteiger charge is -2.24. The molecule has 0 radical (unpaired) electrons. The number of amides is 1. The Kier molecular flexibility index (Phi) is 3.81. The van der Waals surface area contributed by atoms with Crippen molar-refractivity contribution in [3.8, 4) is 0 Å². The highest BCUT2D eigenvalue weighted by atomic mass is 79.9. The van der Waals surface area contributed by atoms with Crippen LogP contribution in [0.2, 0.25) is 0 Å². The topological polar surface area (TPSA) is 20.3 Å². The fourth-order valence-corrected chi connectivity index (χ4v) is 3.64. The summed E-state index contributed by atoms with van der Waals surface area (Å²) in [6.45, 7) is 0. The van der Waals surface area contributed by atoms with Gasteiger partial charge in [0, 0.05) is 10.2 Å². The van der Waals surface area contributed by atoms with Crippen molar-refractivity contribution in [3.63, 3.8) is 0 Å². The summed E-state index contributed by atoms with van der Waals surface area (Å²) < 4.78 is 14.3. The van der Waals surface area contributed by atoms with Crippen LogP contribution in [0, 0.1) is 5.82 Å². The number of benzene rings is 2. The van der Waals surface area contributed by atoms with Gasteiger partial charge in [-0.3, -0.25) is 9.69 Å². The molecule has 0 unspecified atom stereocenters. The Morgan fingerprint density at radius 2 is 1.95 bits per heavy atom. The molecule has 102 valence electrons. The van der Waals surface area contributed by atoms with Gasteiger partial charge in [0.05, 0.1) is 5.75 Å². The van der Waals surface area contributed by atoms with E-state index in [0.29, 0.717) is 5.75 Å². The third-order valence-electron chi connectivity index (χ3n) is 3.11. The molecule has 0 aliphatic carbocycles. The van der Waals surface area contributed by atoms with Gasteiger partial charge in [-0.2, -0.15) is 0 Å². The highest BCUT2D eigenvalue weighted by molar-refractivity contribution is 9.10. The van der Waals surface area contributed by atoms with E-state index < -0.39 is 0 Å². The number of halogens is 2. The van der Waals surface area contributed by atoms with Gasteiger partial charge in [-0.25, -0.2) is 4.39 Å². The van der Waals surface area contributed by atoms with Crippen molar-refractivity contribution in [2.45, 2.75) is 5.37 Å². The van der Waals surface area contributed by atoms with E-state index >= 15 is 0 Å². The van der Waals surface area contributed by atoms with Gasteiger partial charge in [-0.1, -0.05) is 28.1 Å². The summed E-state index contributed by atoms with van der Waals surface area (Å²) in [4.78, 5) is 13.9. The van der Waals surface area contributed by atoms with Crippen molar-refractivity contribution in [2.75, 3.05) is 10.7 Å². The number of hydrogen-bond donors (Lipinski definition) is 0. The lowest BCUT2D eigenvalue weighted by Crippen LogP contribution is -2.27. The minimum Gasteiger partial charge on any atom is -0.295 e. The summed E-state index contributed by atoms with van der Waals surface area (Å²) in [6.07, 6.45) is 0. The van der Waals surface area contributed by atoms with Crippen molar-refractivity contribution >= 4 is 39.3 Å². The first-order chi connectivity index (χ1) is 9.65. The van der Waals surface area contributed by atoms with E-state index in [-0.39, 0.29) is 17.1 Å². The van der Waals surface area contributed by atoms with Gasteiger partial charge in [-0.05, 0) is 42.0 Å². The summed E-state index contributed by atoms with van der Waals surface area (Å²) >= 11 is 4.90. The molecule has 1 amide bonds. The SMILES string of the molecule is O=C1CS[C@H](c2cccc(F)c2)N1c1ccc(Br)cc1. The molecule has 1 heterocycles. The molecule has 20 heavy (non-hydrogen) atoms. The average Bonchev–Trinajstić information content (AvgIpc) is 2.82. The molecule has 2 nitrogen and oxygen atoms in total. The third-order valence-corrected chi connectivity index (χ3v) is 4.85. The molecule has 1 aliphatic heterocycles. The third kappa shape index (κ3) is 2.60. The van der Waals surface area contributed by atoms with Gasteiger partial charge in [-0.15, -0.1) is 11.8 Å². The molecule has 1 fully saturated rings. The van der Waals surface area contributed by atoms with E-state index in [4.69, 9.17) is 0 Å². The van der Waals surface area contributed by atoms with Crippen LogP contribution in [-0.4, -0.2) is 11.7 Å². The average molecular weight is 352 g/mol. The summed E-state index contributed by atoms with van der Waals surface area (Å²) in [7, 11) is 0. The lowest BCUT2D eigenvalue weighted by atomic mass is 10.2. The predicted molar refractivity (Wildman–Crippen MR) is 83.2 cm³/mol. The van der Waals surface area contributed by atoms with Gasteiger partial charge < -0.3 is 0 Å². The maximum Gasteiger partial charge on any atom is 0.238 e. The van der Waals surface area contributed by atoms with Crippen LogP contribution < -0.4 is 4.90 Å². The number of carbonyl (C=O) groups is 1. The van der Waals surface area contributed by atoms with Crippen LogP contribution in [-0.2, 0) is 4.79 Å². The Hall–Kier alpha value is -1.33. The number of anilines is 1. The Labute approximate surface area is 129 Å². The summed E-state index contributed by atoms with van der Waals surface area (Å²) in [5.41, 5.74) is 1.64. The Bertz CT molecular complexity index is 647. The van der Waals surface area contributed by atoms with E-state index in [9.17, 15) is 9.18 Å². The van der Waals surface area contributed by atoms with Gasteiger partial charge >= 0.3 is 0 Å². The van der Waals surface area contributed by atoms with Crippen molar-refractivity contribution in [1.82, 2.24) is 0 Å². The molecule has 0 N–H and O–H groups in total.